The first-order chi connectivity index (χ1) is 11.6. The van der Waals surface area contributed by atoms with Crippen molar-refractivity contribution >= 4 is 6.03 Å². The van der Waals surface area contributed by atoms with Crippen molar-refractivity contribution in [1.82, 2.24) is 15.5 Å². The van der Waals surface area contributed by atoms with E-state index in [-0.39, 0.29) is 12.6 Å². The highest BCUT2D eigenvalue weighted by Gasteiger charge is 2.27. The topological polar surface area (TPSA) is 64.6 Å². The molecule has 2 rings (SSSR count). The van der Waals surface area contributed by atoms with Crippen molar-refractivity contribution in [1.29, 1.82) is 0 Å². The number of likely N-dealkylation sites (tertiary alicyclic amines) is 1. The number of aliphatic hydroxyl groups is 1. The summed E-state index contributed by atoms with van der Waals surface area (Å²) in [6.45, 7) is 7.46. The van der Waals surface area contributed by atoms with Gasteiger partial charge in [-0.15, -0.1) is 0 Å². The highest BCUT2D eigenvalue weighted by Crippen LogP contribution is 2.26. The number of piperidine rings is 1. The number of amides is 2. The summed E-state index contributed by atoms with van der Waals surface area (Å²) in [5.41, 5.74) is 0. The third kappa shape index (κ3) is 6.60. The van der Waals surface area contributed by atoms with E-state index in [1.807, 2.05) is 0 Å². The summed E-state index contributed by atoms with van der Waals surface area (Å²) in [6, 6.07) is 1.07. The van der Waals surface area contributed by atoms with Gasteiger partial charge in [-0.3, -0.25) is 0 Å². The van der Waals surface area contributed by atoms with Gasteiger partial charge in [0.25, 0.3) is 0 Å². The second-order valence-electron chi connectivity index (χ2n) is 8.11. The van der Waals surface area contributed by atoms with Crippen molar-refractivity contribution in [2.24, 2.45) is 11.8 Å². The van der Waals surface area contributed by atoms with Gasteiger partial charge in [-0.05, 0) is 50.4 Å². The van der Waals surface area contributed by atoms with Crippen LogP contribution in [0.25, 0.3) is 0 Å². The molecule has 1 aliphatic heterocycles. The molecule has 24 heavy (non-hydrogen) atoms. The predicted octanol–water partition coefficient (Wildman–Crippen LogP) is 2.74. The Morgan fingerprint density at radius 2 is 1.83 bits per heavy atom. The first-order valence-electron chi connectivity index (χ1n) is 9.97. The fourth-order valence-corrected chi connectivity index (χ4v) is 4.30. The zero-order valence-corrected chi connectivity index (χ0v) is 15.6. The van der Waals surface area contributed by atoms with Gasteiger partial charge in [0, 0.05) is 38.3 Å². The maximum Gasteiger partial charge on any atom is 0.315 e. The van der Waals surface area contributed by atoms with E-state index in [0.29, 0.717) is 24.4 Å². The lowest BCUT2D eigenvalue weighted by molar-refractivity contribution is 0.145. The van der Waals surface area contributed by atoms with E-state index in [0.717, 1.165) is 44.8 Å². The Hall–Kier alpha value is -0.810. The summed E-state index contributed by atoms with van der Waals surface area (Å²) in [4.78, 5) is 14.8. The Morgan fingerprint density at radius 1 is 1.17 bits per heavy atom. The van der Waals surface area contributed by atoms with E-state index in [2.05, 4.69) is 29.4 Å². The normalized spacial score (nSPS) is 22.0. The van der Waals surface area contributed by atoms with Gasteiger partial charge in [0.05, 0.1) is 0 Å². The Bertz CT molecular complexity index is 362. The number of hydrogen-bond donors (Lipinski definition) is 3. The van der Waals surface area contributed by atoms with E-state index in [4.69, 9.17) is 5.11 Å². The molecular formula is C19H37N3O2. The summed E-state index contributed by atoms with van der Waals surface area (Å²) >= 11 is 0. The Balaban J connectivity index is 1.63. The van der Waals surface area contributed by atoms with Crippen LogP contribution in [-0.2, 0) is 0 Å². The Labute approximate surface area is 147 Å². The number of urea groups is 1. The summed E-state index contributed by atoms with van der Waals surface area (Å²) in [5.74, 6) is 0.955. The average Bonchev–Trinajstić information content (AvgIpc) is 3.07. The van der Waals surface area contributed by atoms with Gasteiger partial charge in [0.15, 0.2) is 0 Å². The maximum atomic E-state index is 12.1. The molecule has 1 unspecified atom stereocenters. The van der Waals surface area contributed by atoms with Crippen LogP contribution in [0.3, 0.4) is 0 Å². The van der Waals surface area contributed by atoms with Crippen LogP contribution in [0.4, 0.5) is 4.79 Å². The SMILES string of the molecule is CC(C)CC(CCO)CNC(=O)NC1CCN(C2CCCC2)CC1. The van der Waals surface area contributed by atoms with Crippen LogP contribution in [0.5, 0.6) is 0 Å². The summed E-state index contributed by atoms with van der Waals surface area (Å²) in [6.07, 6.45) is 9.43. The molecule has 2 aliphatic rings. The molecule has 3 N–H and O–H groups in total. The number of nitrogens with one attached hydrogen (secondary N) is 2. The number of hydrogen-bond acceptors (Lipinski definition) is 3. The zero-order valence-electron chi connectivity index (χ0n) is 15.6. The molecule has 1 heterocycles. The molecule has 2 fully saturated rings. The van der Waals surface area contributed by atoms with E-state index in [9.17, 15) is 4.79 Å². The molecule has 0 radical (unpaired) electrons. The molecule has 2 amide bonds. The van der Waals surface area contributed by atoms with Crippen molar-refractivity contribution in [3.63, 3.8) is 0 Å². The molecular weight excluding hydrogens is 302 g/mol. The van der Waals surface area contributed by atoms with Crippen LogP contribution in [-0.4, -0.2) is 54.4 Å². The molecule has 0 aromatic carbocycles. The lowest BCUT2D eigenvalue weighted by Crippen LogP contribution is -2.50. The zero-order chi connectivity index (χ0) is 17.4. The van der Waals surface area contributed by atoms with Crippen LogP contribution in [0, 0.1) is 11.8 Å². The molecule has 1 aliphatic carbocycles. The van der Waals surface area contributed by atoms with Gasteiger partial charge in [-0.25, -0.2) is 4.79 Å². The van der Waals surface area contributed by atoms with Gasteiger partial charge in [0.2, 0.25) is 0 Å². The minimum atomic E-state index is -0.0407. The largest absolute Gasteiger partial charge is 0.396 e. The summed E-state index contributed by atoms with van der Waals surface area (Å²) < 4.78 is 0. The molecule has 0 spiro atoms. The van der Waals surface area contributed by atoms with Gasteiger partial charge in [0.1, 0.15) is 0 Å². The summed E-state index contributed by atoms with van der Waals surface area (Å²) in [5, 5.41) is 15.3. The smallest absolute Gasteiger partial charge is 0.315 e. The monoisotopic (exact) mass is 339 g/mol. The second kappa shape index (κ2) is 10.2. The molecule has 0 aromatic rings. The molecule has 0 aromatic heterocycles. The summed E-state index contributed by atoms with van der Waals surface area (Å²) in [7, 11) is 0. The van der Waals surface area contributed by atoms with E-state index < -0.39 is 0 Å². The van der Waals surface area contributed by atoms with Gasteiger partial charge < -0.3 is 20.6 Å². The fraction of sp³-hybridized carbons (Fsp3) is 0.947. The van der Waals surface area contributed by atoms with E-state index in [1.165, 1.54) is 25.7 Å². The van der Waals surface area contributed by atoms with Crippen molar-refractivity contribution in [3.05, 3.63) is 0 Å². The molecule has 1 atom stereocenters. The molecule has 1 saturated heterocycles. The van der Waals surface area contributed by atoms with Gasteiger partial charge >= 0.3 is 6.03 Å². The van der Waals surface area contributed by atoms with E-state index >= 15 is 0 Å². The Morgan fingerprint density at radius 3 is 2.42 bits per heavy atom. The first-order valence-corrected chi connectivity index (χ1v) is 9.97. The van der Waals surface area contributed by atoms with Crippen LogP contribution in [0.2, 0.25) is 0 Å². The quantitative estimate of drug-likeness (QED) is 0.637. The molecule has 140 valence electrons. The molecule has 1 saturated carbocycles. The third-order valence-electron chi connectivity index (χ3n) is 5.60. The Kier molecular flexibility index (Phi) is 8.33. The molecule has 0 bridgehead atoms. The van der Waals surface area contributed by atoms with Gasteiger partial charge in [-0.2, -0.15) is 0 Å². The van der Waals surface area contributed by atoms with Crippen LogP contribution >= 0.6 is 0 Å². The van der Waals surface area contributed by atoms with Crippen LogP contribution < -0.4 is 10.6 Å². The standard InChI is InChI=1S/C19H37N3O2/c1-15(2)13-16(9-12-23)14-20-19(24)21-17-7-10-22(11-8-17)18-5-3-4-6-18/h15-18,23H,3-14H2,1-2H3,(H2,20,21,24). The average molecular weight is 340 g/mol. The minimum absolute atomic E-state index is 0.0407. The number of carbonyl (C=O) groups is 1. The van der Waals surface area contributed by atoms with Crippen molar-refractivity contribution in [2.45, 2.75) is 77.3 Å². The van der Waals surface area contributed by atoms with Gasteiger partial charge in [-0.1, -0.05) is 26.7 Å². The highest BCUT2D eigenvalue weighted by atomic mass is 16.3. The molecule has 5 heteroatoms. The predicted molar refractivity (Wildman–Crippen MR) is 98.0 cm³/mol. The fourth-order valence-electron chi connectivity index (χ4n) is 4.30. The number of rotatable bonds is 8. The highest BCUT2D eigenvalue weighted by molar-refractivity contribution is 5.74. The van der Waals surface area contributed by atoms with E-state index in [1.54, 1.807) is 0 Å². The number of carbonyl (C=O) groups excluding carboxylic acids is 1. The third-order valence-corrected chi connectivity index (χ3v) is 5.60. The van der Waals surface area contributed by atoms with Crippen LogP contribution in [0.15, 0.2) is 0 Å². The van der Waals surface area contributed by atoms with Crippen molar-refractivity contribution in [2.75, 3.05) is 26.2 Å². The lowest BCUT2D eigenvalue weighted by Gasteiger charge is -2.36. The van der Waals surface area contributed by atoms with Crippen LogP contribution in [0.1, 0.15) is 65.2 Å². The maximum absolute atomic E-state index is 12.1. The lowest BCUT2D eigenvalue weighted by atomic mass is 9.94. The minimum Gasteiger partial charge on any atom is -0.396 e. The number of aliphatic hydroxyl groups excluding tert-OH is 1. The first kappa shape index (κ1) is 19.5. The number of nitrogens with zero attached hydrogens (tertiary/aromatic N) is 1. The van der Waals surface area contributed by atoms with Crippen molar-refractivity contribution in [3.8, 4) is 0 Å². The van der Waals surface area contributed by atoms with Crippen molar-refractivity contribution < 1.29 is 9.90 Å². The molecule has 5 nitrogen and oxygen atoms in total. The second-order valence-corrected chi connectivity index (χ2v) is 8.11.